The van der Waals surface area contributed by atoms with Gasteiger partial charge < -0.3 is 5.32 Å². The van der Waals surface area contributed by atoms with Crippen molar-refractivity contribution in [2.75, 3.05) is 10.2 Å². The van der Waals surface area contributed by atoms with E-state index in [-0.39, 0.29) is 30.6 Å². The molecule has 21 heavy (non-hydrogen) atoms. The first-order valence-electron chi connectivity index (χ1n) is 6.31. The molecule has 1 aliphatic heterocycles. The lowest BCUT2D eigenvalue weighted by Crippen LogP contribution is -2.28. The Bertz CT molecular complexity index is 696. The maximum Gasteiger partial charge on any atom is 0.256 e. The van der Waals surface area contributed by atoms with Gasteiger partial charge in [0, 0.05) is 18.4 Å². The van der Waals surface area contributed by atoms with Crippen LogP contribution in [0, 0.1) is 0 Å². The standard InChI is InChI=1S/C14H11N3O3S/c18-12-4-5-13(19)17(12)10-3-1-2-9(6-10)14(20)16-11-7-15-8-21-11/h1-3,6-8H,4-5H2,(H,16,20). The highest BCUT2D eigenvalue weighted by molar-refractivity contribution is 7.14. The number of hydrogen-bond donors (Lipinski definition) is 1. The fourth-order valence-electron chi connectivity index (χ4n) is 2.11. The van der Waals surface area contributed by atoms with Crippen LogP contribution in [-0.2, 0) is 9.59 Å². The average molecular weight is 301 g/mol. The monoisotopic (exact) mass is 301 g/mol. The van der Waals surface area contributed by atoms with Crippen molar-refractivity contribution in [1.29, 1.82) is 0 Å². The number of imide groups is 1. The quantitative estimate of drug-likeness (QED) is 0.880. The average Bonchev–Trinajstić information content (AvgIpc) is 3.09. The number of benzene rings is 1. The van der Waals surface area contributed by atoms with E-state index in [2.05, 4.69) is 10.3 Å². The van der Waals surface area contributed by atoms with Crippen LogP contribution in [0.4, 0.5) is 10.7 Å². The molecule has 0 saturated carbocycles. The molecule has 106 valence electrons. The zero-order chi connectivity index (χ0) is 14.8. The van der Waals surface area contributed by atoms with Crippen LogP contribution < -0.4 is 10.2 Å². The fraction of sp³-hybridized carbons (Fsp3) is 0.143. The number of aromatic nitrogens is 1. The van der Waals surface area contributed by atoms with Crippen LogP contribution in [0.3, 0.4) is 0 Å². The Balaban J connectivity index is 1.84. The summed E-state index contributed by atoms with van der Waals surface area (Å²) in [6.07, 6.45) is 1.99. The van der Waals surface area contributed by atoms with Crippen molar-refractivity contribution in [3.8, 4) is 0 Å². The lowest BCUT2D eigenvalue weighted by atomic mass is 10.1. The van der Waals surface area contributed by atoms with Gasteiger partial charge in [-0.25, -0.2) is 0 Å². The number of carbonyl (C=O) groups is 3. The minimum absolute atomic E-state index is 0.218. The molecule has 0 bridgehead atoms. The molecule has 1 aromatic carbocycles. The Hall–Kier alpha value is -2.54. The summed E-state index contributed by atoms with van der Waals surface area (Å²) in [4.78, 5) is 40.6. The molecule has 0 spiro atoms. The molecule has 0 aliphatic carbocycles. The maximum atomic E-state index is 12.1. The van der Waals surface area contributed by atoms with Gasteiger partial charge in [0.2, 0.25) is 11.8 Å². The molecule has 2 heterocycles. The van der Waals surface area contributed by atoms with Crippen molar-refractivity contribution in [2.45, 2.75) is 12.8 Å². The second kappa shape index (κ2) is 5.45. The SMILES string of the molecule is O=C(Nc1cncs1)c1cccc(N2C(=O)CCC2=O)c1. The molecule has 3 amide bonds. The Labute approximate surface area is 124 Å². The van der Waals surface area contributed by atoms with Gasteiger partial charge in [-0.1, -0.05) is 6.07 Å². The van der Waals surface area contributed by atoms with Crippen molar-refractivity contribution < 1.29 is 14.4 Å². The molecule has 1 N–H and O–H groups in total. The highest BCUT2D eigenvalue weighted by Crippen LogP contribution is 2.24. The zero-order valence-electron chi connectivity index (χ0n) is 10.9. The minimum Gasteiger partial charge on any atom is -0.312 e. The van der Waals surface area contributed by atoms with Crippen molar-refractivity contribution >= 4 is 39.7 Å². The first-order chi connectivity index (χ1) is 10.1. The second-order valence-corrected chi connectivity index (χ2v) is 5.38. The van der Waals surface area contributed by atoms with Crippen molar-refractivity contribution in [1.82, 2.24) is 4.98 Å². The third-order valence-electron chi connectivity index (χ3n) is 3.09. The topological polar surface area (TPSA) is 79.4 Å². The second-order valence-electron chi connectivity index (χ2n) is 4.49. The largest absolute Gasteiger partial charge is 0.312 e. The molecule has 7 heteroatoms. The predicted octanol–water partition coefficient (Wildman–Crippen LogP) is 2.05. The van der Waals surface area contributed by atoms with Gasteiger partial charge >= 0.3 is 0 Å². The number of nitrogens with one attached hydrogen (secondary N) is 1. The number of hydrogen-bond acceptors (Lipinski definition) is 5. The molecule has 1 aliphatic rings. The van der Waals surface area contributed by atoms with Crippen LogP contribution in [0.15, 0.2) is 36.0 Å². The van der Waals surface area contributed by atoms with E-state index in [1.807, 2.05) is 0 Å². The lowest BCUT2D eigenvalue weighted by Gasteiger charge is -2.14. The summed E-state index contributed by atoms with van der Waals surface area (Å²) in [7, 11) is 0. The van der Waals surface area contributed by atoms with E-state index in [9.17, 15) is 14.4 Å². The van der Waals surface area contributed by atoms with Crippen LogP contribution in [0.5, 0.6) is 0 Å². The molecule has 2 aromatic rings. The van der Waals surface area contributed by atoms with Crippen LogP contribution in [0.25, 0.3) is 0 Å². The van der Waals surface area contributed by atoms with E-state index in [0.717, 1.165) is 4.90 Å². The van der Waals surface area contributed by atoms with Crippen LogP contribution >= 0.6 is 11.3 Å². The van der Waals surface area contributed by atoms with E-state index in [1.165, 1.54) is 17.4 Å². The summed E-state index contributed by atoms with van der Waals surface area (Å²) < 4.78 is 0. The minimum atomic E-state index is -0.305. The summed E-state index contributed by atoms with van der Waals surface area (Å²) in [5.41, 5.74) is 2.43. The van der Waals surface area contributed by atoms with Gasteiger partial charge in [-0.05, 0) is 18.2 Å². The smallest absolute Gasteiger partial charge is 0.256 e. The van der Waals surface area contributed by atoms with E-state index < -0.39 is 0 Å². The normalized spacial score (nSPS) is 14.6. The van der Waals surface area contributed by atoms with E-state index in [4.69, 9.17) is 0 Å². The van der Waals surface area contributed by atoms with Crippen molar-refractivity contribution in [2.24, 2.45) is 0 Å². The van der Waals surface area contributed by atoms with Gasteiger partial charge in [-0.15, -0.1) is 11.3 Å². The number of anilines is 2. The highest BCUT2D eigenvalue weighted by atomic mass is 32.1. The van der Waals surface area contributed by atoms with Crippen molar-refractivity contribution in [3.63, 3.8) is 0 Å². The Morgan fingerprint density at radius 3 is 2.67 bits per heavy atom. The molecule has 0 radical (unpaired) electrons. The number of thiazole rings is 1. The van der Waals surface area contributed by atoms with Crippen molar-refractivity contribution in [3.05, 3.63) is 41.5 Å². The molecular formula is C14H11N3O3S. The number of nitrogens with zero attached hydrogens (tertiary/aromatic N) is 2. The summed E-state index contributed by atoms with van der Waals surface area (Å²) in [6.45, 7) is 0. The van der Waals surface area contributed by atoms with Gasteiger partial charge in [0.1, 0.15) is 5.00 Å². The number of carbonyl (C=O) groups excluding carboxylic acids is 3. The van der Waals surface area contributed by atoms with Gasteiger partial charge in [-0.2, -0.15) is 0 Å². The van der Waals surface area contributed by atoms with Gasteiger partial charge in [-0.3, -0.25) is 24.3 Å². The number of rotatable bonds is 3. The van der Waals surface area contributed by atoms with Crippen LogP contribution in [0.1, 0.15) is 23.2 Å². The van der Waals surface area contributed by atoms with E-state index in [1.54, 1.807) is 29.9 Å². The molecular weight excluding hydrogens is 290 g/mol. The van der Waals surface area contributed by atoms with Gasteiger partial charge in [0.15, 0.2) is 0 Å². The summed E-state index contributed by atoms with van der Waals surface area (Å²) >= 11 is 1.31. The van der Waals surface area contributed by atoms with E-state index in [0.29, 0.717) is 16.3 Å². The third kappa shape index (κ3) is 2.68. The number of amides is 3. The zero-order valence-corrected chi connectivity index (χ0v) is 11.7. The van der Waals surface area contributed by atoms with E-state index >= 15 is 0 Å². The highest BCUT2D eigenvalue weighted by Gasteiger charge is 2.30. The Morgan fingerprint density at radius 2 is 2.00 bits per heavy atom. The Kier molecular flexibility index (Phi) is 3.49. The van der Waals surface area contributed by atoms with Gasteiger partial charge in [0.25, 0.3) is 5.91 Å². The first kappa shape index (κ1) is 13.4. The molecule has 1 fully saturated rings. The van der Waals surface area contributed by atoms with Gasteiger partial charge in [0.05, 0.1) is 17.4 Å². The lowest BCUT2D eigenvalue weighted by molar-refractivity contribution is -0.121. The molecule has 0 unspecified atom stereocenters. The molecule has 1 saturated heterocycles. The first-order valence-corrected chi connectivity index (χ1v) is 7.19. The van der Waals surface area contributed by atoms with Crippen LogP contribution in [-0.4, -0.2) is 22.7 Å². The maximum absolute atomic E-state index is 12.1. The molecule has 6 nitrogen and oxygen atoms in total. The predicted molar refractivity (Wildman–Crippen MR) is 78.2 cm³/mol. The Morgan fingerprint density at radius 1 is 1.24 bits per heavy atom. The van der Waals surface area contributed by atoms with Crippen LogP contribution in [0.2, 0.25) is 0 Å². The summed E-state index contributed by atoms with van der Waals surface area (Å²) in [5.74, 6) is -0.778. The fourth-order valence-corrected chi connectivity index (χ4v) is 2.62. The molecule has 1 aromatic heterocycles. The third-order valence-corrected chi connectivity index (χ3v) is 3.78. The summed E-state index contributed by atoms with van der Waals surface area (Å²) in [6, 6.07) is 6.46. The molecule has 3 rings (SSSR count). The molecule has 0 atom stereocenters. The summed E-state index contributed by atoms with van der Waals surface area (Å²) in [5, 5.41) is 3.34.